The summed E-state index contributed by atoms with van der Waals surface area (Å²) >= 11 is 0. The van der Waals surface area contributed by atoms with Gasteiger partial charge < -0.3 is 14.8 Å². The van der Waals surface area contributed by atoms with E-state index in [4.69, 9.17) is 9.52 Å². The quantitative estimate of drug-likeness (QED) is 0.866. The third-order valence-corrected chi connectivity index (χ3v) is 3.14. The molecule has 4 nitrogen and oxygen atoms in total. The molecule has 0 radical (unpaired) electrons. The van der Waals surface area contributed by atoms with Crippen LogP contribution in [0.15, 0.2) is 41.0 Å². The minimum absolute atomic E-state index is 0.180. The maximum Gasteiger partial charge on any atom is 0.338 e. The zero-order valence-electron chi connectivity index (χ0n) is 11.0. The highest BCUT2D eigenvalue weighted by molar-refractivity contribution is 5.87. The second-order valence-corrected chi connectivity index (χ2v) is 4.57. The fourth-order valence-corrected chi connectivity index (χ4v) is 2.02. The van der Waals surface area contributed by atoms with E-state index in [1.54, 1.807) is 6.07 Å². The van der Waals surface area contributed by atoms with Crippen LogP contribution in [-0.4, -0.2) is 11.1 Å². The molecule has 0 saturated heterocycles. The predicted molar refractivity (Wildman–Crippen MR) is 72.1 cm³/mol. The molecule has 0 aliphatic heterocycles. The third kappa shape index (κ3) is 3.23. The SMILES string of the molecule is Cc1ccccc1C(C)NCc1cc(C(=O)O)co1. The van der Waals surface area contributed by atoms with Crippen LogP contribution in [0.1, 0.15) is 40.2 Å². The van der Waals surface area contributed by atoms with Crippen molar-refractivity contribution in [1.29, 1.82) is 0 Å². The fraction of sp³-hybridized carbons (Fsp3) is 0.267. The van der Waals surface area contributed by atoms with Gasteiger partial charge in [-0.2, -0.15) is 0 Å². The van der Waals surface area contributed by atoms with E-state index in [1.165, 1.54) is 17.4 Å². The lowest BCUT2D eigenvalue weighted by atomic mass is 10.0. The topological polar surface area (TPSA) is 62.5 Å². The number of hydrogen-bond donors (Lipinski definition) is 2. The first-order chi connectivity index (χ1) is 9.08. The third-order valence-electron chi connectivity index (χ3n) is 3.14. The molecule has 0 spiro atoms. The van der Waals surface area contributed by atoms with Crippen LogP contribution in [-0.2, 0) is 6.54 Å². The van der Waals surface area contributed by atoms with Gasteiger partial charge in [0.2, 0.25) is 0 Å². The molecule has 0 aliphatic rings. The van der Waals surface area contributed by atoms with Crippen LogP contribution >= 0.6 is 0 Å². The molecule has 1 aromatic heterocycles. The lowest BCUT2D eigenvalue weighted by molar-refractivity contribution is 0.0696. The highest BCUT2D eigenvalue weighted by Crippen LogP contribution is 2.17. The zero-order valence-corrected chi connectivity index (χ0v) is 11.0. The molecule has 1 atom stereocenters. The van der Waals surface area contributed by atoms with E-state index in [-0.39, 0.29) is 11.6 Å². The van der Waals surface area contributed by atoms with Gasteiger partial charge in [0.15, 0.2) is 0 Å². The normalized spacial score (nSPS) is 12.3. The average molecular weight is 259 g/mol. The molecule has 2 aromatic rings. The van der Waals surface area contributed by atoms with Crippen LogP contribution < -0.4 is 5.32 Å². The molecule has 100 valence electrons. The Morgan fingerprint density at radius 1 is 1.42 bits per heavy atom. The first kappa shape index (κ1) is 13.4. The molecule has 1 heterocycles. The van der Waals surface area contributed by atoms with E-state index in [2.05, 4.69) is 31.3 Å². The molecular formula is C15H17NO3. The number of benzene rings is 1. The minimum Gasteiger partial charge on any atom is -0.478 e. The molecule has 19 heavy (non-hydrogen) atoms. The lowest BCUT2D eigenvalue weighted by Gasteiger charge is -2.15. The van der Waals surface area contributed by atoms with Gasteiger partial charge in [0.25, 0.3) is 0 Å². The summed E-state index contributed by atoms with van der Waals surface area (Å²) in [4.78, 5) is 10.7. The van der Waals surface area contributed by atoms with Crippen molar-refractivity contribution < 1.29 is 14.3 Å². The van der Waals surface area contributed by atoms with Gasteiger partial charge in [-0.15, -0.1) is 0 Å². The van der Waals surface area contributed by atoms with Gasteiger partial charge in [0.05, 0.1) is 12.1 Å². The molecule has 2 N–H and O–H groups in total. The number of carbonyl (C=O) groups is 1. The Morgan fingerprint density at radius 2 is 2.16 bits per heavy atom. The molecular weight excluding hydrogens is 242 g/mol. The van der Waals surface area contributed by atoms with Crippen molar-refractivity contribution in [3.8, 4) is 0 Å². The Balaban J connectivity index is 1.98. The maximum atomic E-state index is 10.7. The number of carboxylic acids is 1. The van der Waals surface area contributed by atoms with Crippen LogP contribution in [0.5, 0.6) is 0 Å². The summed E-state index contributed by atoms with van der Waals surface area (Å²) < 4.78 is 5.20. The monoisotopic (exact) mass is 259 g/mol. The van der Waals surface area contributed by atoms with Crippen LogP contribution in [0.25, 0.3) is 0 Å². The molecule has 0 bridgehead atoms. The standard InChI is InChI=1S/C15H17NO3/c1-10-5-3-4-6-14(10)11(2)16-8-13-7-12(9-19-13)15(17)18/h3-7,9,11,16H,8H2,1-2H3,(H,17,18). The van der Waals surface area contributed by atoms with Crippen molar-refractivity contribution in [2.75, 3.05) is 0 Å². The second kappa shape index (κ2) is 5.71. The molecule has 1 unspecified atom stereocenters. The molecule has 1 aromatic carbocycles. The Bertz CT molecular complexity index is 574. The van der Waals surface area contributed by atoms with E-state index in [0.29, 0.717) is 12.3 Å². The van der Waals surface area contributed by atoms with Gasteiger partial charge in [0, 0.05) is 6.04 Å². The number of furan rings is 1. The van der Waals surface area contributed by atoms with Gasteiger partial charge in [0.1, 0.15) is 12.0 Å². The number of rotatable bonds is 5. The van der Waals surface area contributed by atoms with Crippen LogP contribution in [0.2, 0.25) is 0 Å². The zero-order chi connectivity index (χ0) is 13.8. The van der Waals surface area contributed by atoms with Crippen molar-refractivity contribution in [2.24, 2.45) is 0 Å². The summed E-state index contributed by atoms with van der Waals surface area (Å²) in [5.74, 6) is -0.347. The van der Waals surface area contributed by atoms with Gasteiger partial charge in [-0.25, -0.2) is 4.79 Å². The van der Waals surface area contributed by atoms with Crippen LogP contribution in [0, 0.1) is 6.92 Å². The largest absolute Gasteiger partial charge is 0.478 e. The molecule has 0 fully saturated rings. The molecule has 2 rings (SSSR count). The number of hydrogen-bond acceptors (Lipinski definition) is 3. The van der Waals surface area contributed by atoms with E-state index in [9.17, 15) is 4.79 Å². The fourth-order valence-electron chi connectivity index (χ4n) is 2.02. The number of aromatic carboxylic acids is 1. The van der Waals surface area contributed by atoms with Crippen molar-refractivity contribution in [3.63, 3.8) is 0 Å². The highest BCUT2D eigenvalue weighted by Gasteiger charge is 2.11. The van der Waals surface area contributed by atoms with E-state index in [0.717, 1.165) is 0 Å². The summed E-state index contributed by atoms with van der Waals surface area (Å²) in [6, 6.07) is 9.90. The number of nitrogens with one attached hydrogen (secondary N) is 1. The van der Waals surface area contributed by atoms with E-state index >= 15 is 0 Å². The van der Waals surface area contributed by atoms with E-state index in [1.807, 2.05) is 12.1 Å². The van der Waals surface area contributed by atoms with Crippen molar-refractivity contribution >= 4 is 5.97 Å². The van der Waals surface area contributed by atoms with Crippen molar-refractivity contribution in [2.45, 2.75) is 26.4 Å². The smallest absolute Gasteiger partial charge is 0.338 e. The Kier molecular flexibility index (Phi) is 4.02. The number of carboxylic acid groups (broad SMARTS) is 1. The summed E-state index contributed by atoms with van der Waals surface area (Å²) in [7, 11) is 0. The Labute approximate surface area is 112 Å². The van der Waals surface area contributed by atoms with Crippen LogP contribution in [0.4, 0.5) is 0 Å². The van der Waals surface area contributed by atoms with Crippen molar-refractivity contribution in [1.82, 2.24) is 5.32 Å². The molecule has 0 aliphatic carbocycles. The first-order valence-corrected chi connectivity index (χ1v) is 6.17. The first-order valence-electron chi connectivity index (χ1n) is 6.17. The summed E-state index contributed by atoms with van der Waals surface area (Å²) in [6.07, 6.45) is 1.26. The highest BCUT2D eigenvalue weighted by atomic mass is 16.4. The second-order valence-electron chi connectivity index (χ2n) is 4.57. The average Bonchev–Trinajstić information content (AvgIpc) is 2.85. The van der Waals surface area contributed by atoms with Gasteiger partial charge in [-0.05, 0) is 31.0 Å². The lowest BCUT2D eigenvalue weighted by Crippen LogP contribution is -2.18. The molecule has 4 heteroatoms. The number of aryl methyl sites for hydroxylation is 1. The van der Waals surface area contributed by atoms with Crippen LogP contribution in [0.3, 0.4) is 0 Å². The molecule has 0 saturated carbocycles. The summed E-state index contributed by atoms with van der Waals surface area (Å²) in [5.41, 5.74) is 2.64. The Hall–Kier alpha value is -2.07. The van der Waals surface area contributed by atoms with Gasteiger partial charge in [-0.1, -0.05) is 24.3 Å². The minimum atomic E-state index is -0.970. The summed E-state index contributed by atoms with van der Waals surface area (Å²) in [6.45, 7) is 4.65. The summed E-state index contributed by atoms with van der Waals surface area (Å²) in [5, 5.41) is 12.1. The van der Waals surface area contributed by atoms with Gasteiger partial charge in [-0.3, -0.25) is 0 Å². The van der Waals surface area contributed by atoms with Crippen molar-refractivity contribution in [3.05, 3.63) is 59.0 Å². The van der Waals surface area contributed by atoms with E-state index < -0.39 is 5.97 Å². The Morgan fingerprint density at radius 3 is 2.79 bits per heavy atom. The predicted octanol–water partition coefficient (Wildman–Crippen LogP) is 3.14. The molecule has 0 amide bonds. The maximum absolute atomic E-state index is 10.7. The van der Waals surface area contributed by atoms with Gasteiger partial charge >= 0.3 is 5.97 Å².